The number of benzene rings is 3. The molecule has 1 fully saturated rings. The number of aromatic hydroxyl groups is 1. The average molecular weight is 418 g/mol. The van der Waals surface area contributed by atoms with Crippen LogP contribution in [0.1, 0.15) is 65.3 Å². The number of hydrogen-bond acceptors (Lipinski definition) is 4. The van der Waals surface area contributed by atoms with E-state index in [1.54, 1.807) is 18.2 Å². The number of nitrogens with zero attached hydrogens (tertiary/aromatic N) is 1. The smallest absolute Gasteiger partial charge is 0.336 e. The Kier molecular flexibility index (Phi) is 5.94. The van der Waals surface area contributed by atoms with Crippen molar-refractivity contribution >= 4 is 28.2 Å². The monoisotopic (exact) mass is 417 g/mol. The number of ketones is 1. The van der Waals surface area contributed by atoms with Crippen LogP contribution in [-0.4, -0.2) is 34.6 Å². The molecule has 3 aromatic carbocycles. The lowest BCUT2D eigenvalue weighted by Crippen LogP contribution is -2.36. The van der Waals surface area contributed by atoms with Crippen LogP contribution in [0.15, 0.2) is 54.6 Å². The van der Waals surface area contributed by atoms with E-state index in [1.165, 1.54) is 25.3 Å². The molecule has 4 rings (SSSR count). The second-order valence-electron chi connectivity index (χ2n) is 8.16. The zero-order chi connectivity index (χ0) is 22.0. The third-order valence-corrected chi connectivity index (χ3v) is 6.27. The van der Waals surface area contributed by atoms with Gasteiger partial charge in [0.05, 0.1) is 11.1 Å². The summed E-state index contributed by atoms with van der Waals surface area (Å²) in [5.41, 5.74) is 1.01. The fourth-order valence-corrected chi connectivity index (χ4v) is 4.69. The van der Waals surface area contributed by atoms with Crippen molar-refractivity contribution in [2.24, 2.45) is 0 Å². The highest BCUT2D eigenvalue weighted by atomic mass is 16.4. The van der Waals surface area contributed by atoms with E-state index >= 15 is 0 Å². The van der Waals surface area contributed by atoms with Gasteiger partial charge in [0, 0.05) is 29.9 Å². The van der Waals surface area contributed by atoms with Gasteiger partial charge in [-0.15, -0.1) is 0 Å². The van der Waals surface area contributed by atoms with Crippen LogP contribution in [0.4, 0.5) is 5.69 Å². The molecule has 0 spiro atoms. The van der Waals surface area contributed by atoms with Gasteiger partial charge in [0.15, 0.2) is 5.78 Å². The van der Waals surface area contributed by atoms with Crippen LogP contribution in [0.2, 0.25) is 0 Å². The van der Waals surface area contributed by atoms with E-state index in [0.29, 0.717) is 6.04 Å². The Morgan fingerprint density at radius 2 is 1.55 bits per heavy atom. The molecule has 1 saturated carbocycles. The van der Waals surface area contributed by atoms with Crippen molar-refractivity contribution in [1.29, 1.82) is 0 Å². The van der Waals surface area contributed by atoms with Crippen LogP contribution in [0.25, 0.3) is 10.8 Å². The number of rotatable bonds is 6. The van der Waals surface area contributed by atoms with Crippen molar-refractivity contribution in [3.63, 3.8) is 0 Å². The number of aromatic carboxylic acids is 1. The molecule has 0 unspecified atom stereocenters. The van der Waals surface area contributed by atoms with E-state index in [2.05, 4.69) is 11.8 Å². The van der Waals surface area contributed by atoms with E-state index in [1.807, 2.05) is 30.3 Å². The molecule has 31 heavy (non-hydrogen) atoms. The van der Waals surface area contributed by atoms with Gasteiger partial charge >= 0.3 is 5.97 Å². The number of carboxylic acid groups (broad SMARTS) is 1. The zero-order valence-electron chi connectivity index (χ0n) is 17.7. The topological polar surface area (TPSA) is 77.8 Å². The quantitative estimate of drug-likeness (QED) is 0.508. The summed E-state index contributed by atoms with van der Waals surface area (Å²) in [6, 6.07) is 16.0. The largest absolute Gasteiger partial charge is 0.507 e. The standard InChI is InChI=1S/C26H27NO4/c1-2-27(19-10-4-3-5-11-19)20-12-13-21(24(28)16-20)25(29)22-14-17-8-6-7-9-18(17)15-23(22)26(30)31/h6-9,12-16,19,28H,2-5,10-11H2,1H3,(H,30,31). The van der Waals surface area contributed by atoms with Crippen molar-refractivity contribution in [3.05, 3.63) is 71.3 Å². The van der Waals surface area contributed by atoms with Crippen LogP contribution >= 0.6 is 0 Å². The Morgan fingerprint density at radius 3 is 2.13 bits per heavy atom. The molecule has 0 amide bonds. The summed E-state index contributed by atoms with van der Waals surface area (Å²) in [6.45, 7) is 2.92. The molecule has 5 heteroatoms. The van der Waals surface area contributed by atoms with E-state index in [9.17, 15) is 19.8 Å². The van der Waals surface area contributed by atoms with Gasteiger partial charge in [0.25, 0.3) is 0 Å². The van der Waals surface area contributed by atoms with E-state index in [-0.39, 0.29) is 22.4 Å². The van der Waals surface area contributed by atoms with Crippen molar-refractivity contribution in [2.75, 3.05) is 11.4 Å². The molecule has 0 aromatic heterocycles. The molecule has 0 atom stereocenters. The van der Waals surface area contributed by atoms with Gasteiger partial charge in [-0.2, -0.15) is 0 Å². The summed E-state index contributed by atoms with van der Waals surface area (Å²) in [6.07, 6.45) is 5.96. The first-order valence-corrected chi connectivity index (χ1v) is 10.9. The van der Waals surface area contributed by atoms with Crippen LogP contribution in [-0.2, 0) is 0 Å². The number of hydrogen-bond donors (Lipinski definition) is 2. The van der Waals surface area contributed by atoms with Gasteiger partial charge in [0.1, 0.15) is 5.75 Å². The summed E-state index contributed by atoms with van der Waals surface area (Å²) >= 11 is 0. The minimum atomic E-state index is -1.17. The van der Waals surface area contributed by atoms with Crippen molar-refractivity contribution < 1.29 is 19.8 Å². The first kappa shape index (κ1) is 20.9. The van der Waals surface area contributed by atoms with Gasteiger partial charge in [-0.3, -0.25) is 4.79 Å². The highest BCUT2D eigenvalue weighted by Gasteiger charge is 2.24. The average Bonchev–Trinajstić information content (AvgIpc) is 2.79. The molecule has 1 aliphatic rings. The molecular weight excluding hydrogens is 390 g/mol. The molecule has 2 N–H and O–H groups in total. The Morgan fingerprint density at radius 1 is 0.903 bits per heavy atom. The summed E-state index contributed by atoms with van der Waals surface area (Å²) in [5.74, 6) is -1.78. The van der Waals surface area contributed by atoms with Gasteiger partial charge in [-0.25, -0.2) is 4.79 Å². The van der Waals surface area contributed by atoms with Gasteiger partial charge in [-0.1, -0.05) is 43.5 Å². The van der Waals surface area contributed by atoms with Crippen LogP contribution in [0, 0.1) is 0 Å². The summed E-state index contributed by atoms with van der Waals surface area (Å²) < 4.78 is 0. The number of fused-ring (bicyclic) bond motifs is 1. The van der Waals surface area contributed by atoms with Crippen molar-refractivity contribution in [3.8, 4) is 5.75 Å². The maximum absolute atomic E-state index is 13.3. The minimum Gasteiger partial charge on any atom is -0.507 e. The maximum Gasteiger partial charge on any atom is 0.336 e. The second kappa shape index (κ2) is 8.80. The lowest BCUT2D eigenvalue weighted by molar-refractivity contribution is 0.0693. The third-order valence-electron chi connectivity index (χ3n) is 6.27. The first-order valence-electron chi connectivity index (χ1n) is 10.9. The highest BCUT2D eigenvalue weighted by Crippen LogP contribution is 2.32. The fourth-order valence-electron chi connectivity index (χ4n) is 4.69. The Hall–Kier alpha value is -3.34. The molecule has 0 radical (unpaired) electrons. The Bertz CT molecular complexity index is 1130. The number of carboxylic acids is 1. The van der Waals surface area contributed by atoms with E-state index in [4.69, 9.17) is 0 Å². The van der Waals surface area contributed by atoms with Gasteiger partial charge in [-0.05, 0) is 54.8 Å². The van der Waals surface area contributed by atoms with Crippen LogP contribution < -0.4 is 4.90 Å². The number of carbonyl (C=O) groups excluding carboxylic acids is 1. The van der Waals surface area contributed by atoms with E-state index in [0.717, 1.165) is 35.8 Å². The summed E-state index contributed by atoms with van der Waals surface area (Å²) in [4.78, 5) is 27.4. The summed E-state index contributed by atoms with van der Waals surface area (Å²) in [5, 5.41) is 21.9. The highest BCUT2D eigenvalue weighted by molar-refractivity contribution is 6.17. The van der Waals surface area contributed by atoms with Crippen LogP contribution in [0.3, 0.4) is 0 Å². The third kappa shape index (κ3) is 4.13. The van der Waals surface area contributed by atoms with Crippen molar-refractivity contribution in [1.82, 2.24) is 0 Å². The predicted molar refractivity (Wildman–Crippen MR) is 122 cm³/mol. The molecule has 3 aromatic rings. The molecular formula is C26H27NO4. The summed E-state index contributed by atoms with van der Waals surface area (Å²) in [7, 11) is 0. The normalized spacial score (nSPS) is 14.5. The molecule has 160 valence electrons. The van der Waals surface area contributed by atoms with Crippen molar-refractivity contribution in [2.45, 2.75) is 45.1 Å². The number of anilines is 1. The Balaban J connectivity index is 1.71. The second-order valence-corrected chi connectivity index (χ2v) is 8.16. The lowest BCUT2D eigenvalue weighted by atomic mass is 9.92. The SMILES string of the molecule is CCN(c1ccc(C(=O)c2cc3ccccc3cc2C(=O)O)c(O)c1)C1CCCCC1. The number of phenolic OH excluding ortho intramolecular Hbond substituents is 1. The van der Waals surface area contributed by atoms with Gasteiger partial charge < -0.3 is 15.1 Å². The lowest BCUT2D eigenvalue weighted by Gasteiger charge is -2.35. The minimum absolute atomic E-state index is 0.0652. The fraction of sp³-hybridized carbons (Fsp3) is 0.308. The number of phenols is 1. The molecule has 0 bridgehead atoms. The maximum atomic E-state index is 13.3. The molecule has 5 nitrogen and oxygen atoms in total. The van der Waals surface area contributed by atoms with E-state index < -0.39 is 11.8 Å². The molecule has 0 heterocycles. The zero-order valence-corrected chi connectivity index (χ0v) is 17.7. The van der Waals surface area contributed by atoms with Crippen LogP contribution in [0.5, 0.6) is 5.75 Å². The molecule has 0 aliphatic heterocycles. The number of carbonyl (C=O) groups is 2. The Labute approximate surface area is 181 Å². The molecule has 1 aliphatic carbocycles. The van der Waals surface area contributed by atoms with Gasteiger partial charge in [0.2, 0.25) is 0 Å². The predicted octanol–water partition coefficient (Wildman–Crippen LogP) is 5.63. The first-order chi connectivity index (χ1) is 15.0. The molecule has 0 saturated heterocycles.